The first kappa shape index (κ1) is 16.6. The molecule has 0 atom stereocenters. The highest BCUT2D eigenvalue weighted by atomic mass is 35.5. The van der Waals surface area contributed by atoms with Crippen molar-refractivity contribution in [3.05, 3.63) is 64.8 Å². The SMILES string of the molecule is CCC(=O)c1cn(CCOc2ccc(Cl)c(C)c2)c2ccccc12. The van der Waals surface area contributed by atoms with Crippen LogP contribution in [0.25, 0.3) is 10.9 Å². The zero-order chi connectivity index (χ0) is 17.1. The van der Waals surface area contributed by atoms with Gasteiger partial charge in [0, 0.05) is 34.1 Å². The molecule has 0 aliphatic rings. The Kier molecular flexibility index (Phi) is 4.91. The summed E-state index contributed by atoms with van der Waals surface area (Å²) in [6, 6.07) is 13.6. The summed E-state index contributed by atoms with van der Waals surface area (Å²) in [5, 5.41) is 1.74. The lowest BCUT2D eigenvalue weighted by Crippen LogP contribution is -2.07. The van der Waals surface area contributed by atoms with Gasteiger partial charge in [-0.05, 0) is 36.8 Å². The number of para-hydroxylation sites is 1. The van der Waals surface area contributed by atoms with Gasteiger partial charge < -0.3 is 9.30 Å². The molecule has 3 aromatic rings. The summed E-state index contributed by atoms with van der Waals surface area (Å²) >= 11 is 6.03. The van der Waals surface area contributed by atoms with E-state index in [1.807, 2.05) is 62.5 Å². The molecule has 3 rings (SSSR count). The van der Waals surface area contributed by atoms with Crippen LogP contribution in [0.15, 0.2) is 48.7 Å². The minimum absolute atomic E-state index is 0.166. The van der Waals surface area contributed by atoms with Crippen molar-refractivity contribution in [2.45, 2.75) is 26.8 Å². The number of nitrogens with zero attached hydrogens (tertiary/aromatic N) is 1. The third-order valence-electron chi connectivity index (χ3n) is 4.14. The number of carbonyl (C=O) groups excluding carboxylic acids is 1. The van der Waals surface area contributed by atoms with Crippen LogP contribution in [0.3, 0.4) is 0 Å². The van der Waals surface area contributed by atoms with Gasteiger partial charge in [-0.25, -0.2) is 0 Å². The molecule has 3 nitrogen and oxygen atoms in total. The number of hydrogen-bond acceptors (Lipinski definition) is 2. The number of Topliss-reactive ketones (excluding diaryl/α,β-unsaturated/α-hetero) is 1. The third kappa shape index (κ3) is 3.31. The predicted octanol–water partition coefficient (Wildman–Crippen LogP) is 5.27. The van der Waals surface area contributed by atoms with Gasteiger partial charge >= 0.3 is 0 Å². The number of ketones is 1. The van der Waals surface area contributed by atoms with Crippen molar-refractivity contribution in [1.82, 2.24) is 4.57 Å². The number of halogens is 1. The van der Waals surface area contributed by atoms with Crippen LogP contribution in [-0.4, -0.2) is 17.0 Å². The number of aromatic nitrogens is 1. The van der Waals surface area contributed by atoms with Crippen molar-refractivity contribution in [3.63, 3.8) is 0 Å². The largest absolute Gasteiger partial charge is 0.492 e. The van der Waals surface area contributed by atoms with E-state index in [2.05, 4.69) is 4.57 Å². The van der Waals surface area contributed by atoms with Gasteiger partial charge in [-0.1, -0.05) is 36.7 Å². The first-order valence-corrected chi connectivity index (χ1v) is 8.48. The second kappa shape index (κ2) is 7.10. The first-order chi connectivity index (χ1) is 11.6. The molecule has 0 N–H and O–H groups in total. The standard InChI is InChI=1S/C20H20ClNO2/c1-3-20(23)17-13-22(19-7-5-4-6-16(17)19)10-11-24-15-8-9-18(21)14(2)12-15/h4-9,12-13H,3,10-11H2,1-2H3. The number of fused-ring (bicyclic) bond motifs is 1. The smallest absolute Gasteiger partial charge is 0.164 e. The number of carbonyl (C=O) groups is 1. The fourth-order valence-corrected chi connectivity index (χ4v) is 2.93. The van der Waals surface area contributed by atoms with Crippen molar-refractivity contribution in [2.75, 3.05) is 6.61 Å². The Morgan fingerprint density at radius 3 is 2.75 bits per heavy atom. The van der Waals surface area contributed by atoms with E-state index >= 15 is 0 Å². The van der Waals surface area contributed by atoms with Gasteiger partial charge in [0.05, 0.1) is 6.54 Å². The van der Waals surface area contributed by atoms with E-state index in [-0.39, 0.29) is 5.78 Å². The van der Waals surface area contributed by atoms with Crippen molar-refractivity contribution in [1.29, 1.82) is 0 Å². The number of rotatable bonds is 6. The molecule has 0 amide bonds. The first-order valence-electron chi connectivity index (χ1n) is 8.10. The van der Waals surface area contributed by atoms with E-state index in [1.165, 1.54) is 0 Å². The Morgan fingerprint density at radius 1 is 1.21 bits per heavy atom. The second-order valence-corrected chi connectivity index (χ2v) is 6.20. The molecule has 0 unspecified atom stereocenters. The average Bonchev–Trinajstić information content (AvgIpc) is 2.96. The summed E-state index contributed by atoms with van der Waals surface area (Å²) in [7, 11) is 0. The molecule has 24 heavy (non-hydrogen) atoms. The Bertz CT molecular complexity index is 882. The molecule has 2 aromatic carbocycles. The normalized spacial score (nSPS) is 11.0. The van der Waals surface area contributed by atoms with E-state index in [9.17, 15) is 4.79 Å². The quantitative estimate of drug-likeness (QED) is 0.571. The third-order valence-corrected chi connectivity index (χ3v) is 4.56. The van der Waals surface area contributed by atoms with E-state index < -0.39 is 0 Å². The maximum Gasteiger partial charge on any atom is 0.164 e. The van der Waals surface area contributed by atoms with Crippen molar-refractivity contribution in [3.8, 4) is 5.75 Å². The van der Waals surface area contributed by atoms with Crippen LogP contribution in [0.4, 0.5) is 0 Å². The van der Waals surface area contributed by atoms with Gasteiger partial charge in [0.25, 0.3) is 0 Å². The Balaban J connectivity index is 1.77. The van der Waals surface area contributed by atoms with Gasteiger partial charge in [-0.3, -0.25) is 4.79 Å². The summed E-state index contributed by atoms with van der Waals surface area (Å²) < 4.78 is 7.91. The Morgan fingerprint density at radius 2 is 2.00 bits per heavy atom. The highest BCUT2D eigenvalue weighted by Crippen LogP contribution is 2.23. The molecule has 0 saturated carbocycles. The fourth-order valence-electron chi connectivity index (χ4n) is 2.81. The van der Waals surface area contributed by atoms with Gasteiger partial charge in [0.1, 0.15) is 12.4 Å². The van der Waals surface area contributed by atoms with Crippen LogP contribution in [-0.2, 0) is 6.54 Å². The van der Waals surface area contributed by atoms with Crippen LogP contribution < -0.4 is 4.74 Å². The van der Waals surface area contributed by atoms with E-state index in [0.717, 1.165) is 32.8 Å². The lowest BCUT2D eigenvalue weighted by Gasteiger charge is -2.09. The molecule has 0 radical (unpaired) electrons. The summed E-state index contributed by atoms with van der Waals surface area (Å²) in [6.45, 7) is 5.05. The van der Waals surface area contributed by atoms with Crippen LogP contribution in [0, 0.1) is 6.92 Å². The second-order valence-electron chi connectivity index (χ2n) is 5.79. The molecule has 0 saturated heterocycles. The van der Waals surface area contributed by atoms with Crippen molar-refractivity contribution in [2.24, 2.45) is 0 Å². The van der Waals surface area contributed by atoms with Gasteiger partial charge in [0.15, 0.2) is 5.78 Å². The lowest BCUT2D eigenvalue weighted by molar-refractivity contribution is 0.0989. The van der Waals surface area contributed by atoms with E-state index in [0.29, 0.717) is 19.6 Å². The predicted molar refractivity (Wildman–Crippen MR) is 98.2 cm³/mol. The molecule has 0 bridgehead atoms. The topological polar surface area (TPSA) is 31.2 Å². The van der Waals surface area contributed by atoms with Crippen LogP contribution in [0.5, 0.6) is 5.75 Å². The fraction of sp³-hybridized carbons (Fsp3) is 0.250. The highest BCUT2D eigenvalue weighted by molar-refractivity contribution is 6.31. The van der Waals surface area contributed by atoms with Crippen LogP contribution >= 0.6 is 11.6 Å². The molecule has 1 heterocycles. The molecule has 4 heteroatoms. The molecular formula is C20H20ClNO2. The summed E-state index contributed by atoms with van der Waals surface area (Å²) in [4.78, 5) is 12.1. The maximum absolute atomic E-state index is 12.1. The molecule has 124 valence electrons. The summed E-state index contributed by atoms with van der Waals surface area (Å²) in [5.41, 5.74) is 2.84. The van der Waals surface area contributed by atoms with Gasteiger partial charge in [0.2, 0.25) is 0 Å². The highest BCUT2D eigenvalue weighted by Gasteiger charge is 2.13. The molecule has 0 fully saturated rings. The molecule has 1 aromatic heterocycles. The average molecular weight is 342 g/mol. The molecular weight excluding hydrogens is 322 g/mol. The Labute approximate surface area is 146 Å². The number of benzene rings is 2. The number of ether oxygens (including phenoxy) is 1. The monoisotopic (exact) mass is 341 g/mol. The summed E-state index contributed by atoms with van der Waals surface area (Å²) in [5.74, 6) is 0.970. The van der Waals surface area contributed by atoms with Crippen LogP contribution in [0.2, 0.25) is 5.02 Å². The molecule has 0 spiro atoms. The lowest BCUT2D eigenvalue weighted by atomic mass is 10.1. The maximum atomic E-state index is 12.1. The minimum Gasteiger partial charge on any atom is -0.492 e. The zero-order valence-electron chi connectivity index (χ0n) is 13.9. The number of hydrogen-bond donors (Lipinski definition) is 0. The minimum atomic E-state index is 0.166. The van der Waals surface area contributed by atoms with Gasteiger partial charge in [-0.2, -0.15) is 0 Å². The number of aryl methyl sites for hydroxylation is 1. The summed E-state index contributed by atoms with van der Waals surface area (Å²) in [6.07, 6.45) is 2.45. The zero-order valence-corrected chi connectivity index (χ0v) is 14.6. The van der Waals surface area contributed by atoms with E-state index in [1.54, 1.807) is 0 Å². The van der Waals surface area contributed by atoms with Crippen molar-refractivity contribution >= 4 is 28.3 Å². The van der Waals surface area contributed by atoms with E-state index in [4.69, 9.17) is 16.3 Å². The molecule has 0 aliphatic heterocycles. The van der Waals surface area contributed by atoms with Crippen LogP contribution in [0.1, 0.15) is 29.3 Å². The van der Waals surface area contributed by atoms with Gasteiger partial charge in [-0.15, -0.1) is 0 Å². The Hall–Kier alpha value is -2.26. The molecule has 0 aliphatic carbocycles. The van der Waals surface area contributed by atoms with Crippen molar-refractivity contribution < 1.29 is 9.53 Å².